The minimum Gasteiger partial charge on any atom is -0.383 e. The van der Waals surface area contributed by atoms with Crippen LogP contribution in [0, 0.1) is 10.1 Å². The summed E-state index contributed by atoms with van der Waals surface area (Å²) in [5.41, 5.74) is 0.940. The van der Waals surface area contributed by atoms with Crippen molar-refractivity contribution in [2.45, 2.75) is 44.4 Å². The molecule has 1 aromatic rings. The molecule has 136 valence electrons. The number of non-ortho nitro benzene ring substituents is 1. The number of nitro benzene ring substituents is 1. The second-order valence-electron chi connectivity index (χ2n) is 6.35. The van der Waals surface area contributed by atoms with Gasteiger partial charge < -0.3 is 20.7 Å². The molecule has 3 unspecified atom stereocenters. The number of guanidine groups is 1. The van der Waals surface area contributed by atoms with Crippen molar-refractivity contribution in [2.75, 3.05) is 25.0 Å². The maximum Gasteiger partial charge on any atom is 0.269 e. The number of hydrogen-bond donors (Lipinski definition) is 3. The first-order valence-corrected chi connectivity index (χ1v) is 8.84. The van der Waals surface area contributed by atoms with Crippen molar-refractivity contribution in [1.29, 1.82) is 0 Å². The van der Waals surface area contributed by atoms with Crippen molar-refractivity contribution in [3.8, 4) is 0 Å². The lowest BCUT2D eigenvalue weighted by molar-refractivity contribution is -0.384. The van der Waals surface area contributed by atoms with Crippen LogP contribution in [0.25, 0.3) is 0 Å². The third-order valence-corrected chi connectivity index (χ3v) is 4.56. The van der Waals surface area contributed by atoms with Crippen LogP contribution in [-0.4, -0.2) is 48.8 Å². The van der Waals surface area contributed by atoms with E-state index < -0.39 is 4.92 Å². The molecule has 2 saturated heterocycles. The quantitative estimate of drug-likeness (QED) is 0.229. The Balaban J connectivity index is 1.45. The van der Waals surface area contributed by atoms with E-state index in [-0.39, 0.29) is 5.69 Å². The second-order valence-corrected chi connectivity index (χ2v) is 6.35. The first-order chi connectivity index (χ1) is 12.2. The van der Waals surface area contributed by atoms with Gasteiger partial charge in [-0.2, -0.15) is 0 Å². The zero-order valence-corrected chi connectivity index (χ0v) is 14.4. The van der Waals surface area contributed by atoms with E-state index in [9.17, 15) is 10.1 Å². The van der Waals surface area contributed by atoms with E-state index in [1.807, 2.05) is 6.92 Å². The molecule has 2 bridgehead atoms. The van der Waals surface area contributed by atoms with E-state index in [0.717, 1.165) is 31.0 Å². The van der Waals surface area contributed by atoms with E-state index in [0.29, 0.717) is 31.3 Å². The number of nitro groups is 1. The van der Waals surface area contributed by atoms with Crippen LogP contribution in [0.2, 0.25) is 0 Å². The van der Waals surface area contributed by atoms with E-state index in [4.69, 9.17) is 4.74 Å². The molecule has 25 heavy (non-hydrogen) atoms. The number of nitrogens with one attached hydrogen (secondary N) is 3. The molecule has 2 aliphatic heterocycles. The third-order valence-electron chi connectivity index (χ3n) is 4.56. The van der Waals surface area contributed by atoms with Gasteiger partial charge in [0.25, 0.3) is 5.69 Å². The summed E-state index contributed by atoms with van der Waals surface area (Å²) in [5, 5.41) is 20.6. The third kappa shape index (κ3) is 4.60. The number of anilines is 1. The van der Waals surface area contributed by atoms with Gasteiger partial charge in [-0.3, -0.25) is 15.1 Å². The zero-order valence-electron chi connectivity index (χ0n) is 14.4. The number of aliphatic imine (C=N–C) groups is 1. The Kier molecular flexibility index (Phi) is 5.70. The summed E-state index contributed by atoms with van der Waals surface area (Å²) in [7, 11) is 0. The molecule has 0 amide bonds. The van der Waals surface area contributed by atoms with Gasteiger partial charge in [0.2, 0.25) is 0 Å². The molecule has 0 aromatic heterocycles. The molecule has 0 saturated carbocycles. The van der Waals surface area contributed by atoms with Gasteiger partial charge in [0, 0.05) is 30.9 Å². The van der Waals surface area contributed by atoms with Gasteiger partial charge in [0.1, 0.15) is 0 Å². The standard InChI is InChI=1S/C17H25N5O3/c1-2-18-17(21-15-11-14-7-8-16(15)25-14)20-10-9-19-12-3-5-13(6-4-12)22(23)24/h3-6,14-16,19H,2,7-11H2,1H3,(H2,18,20,21). The highest BCUT2D eigenvalue weighted by molar-refractivity contribution is 5.80. The number of ether oxygens (including phenoxy) is 1. The van der Waals surface area contributed by atoms with Crippen molar-refractivity contribution in [3.63, 3.8) is 0 Å². The SMILES string of the molecule is CCNC(=NCCNc1ccc([N+](=O)[O-])cc1)NC1CC2CCC1O2. The lowest BCUT2D eigenvalue weighted by Crippen LogP contribution is -2.47. The fraction of sp³-hybridized carbons (Fsp3) is 0.588. The van der Waals surface area contributed by atoms with Crippen molar-refractivity contribution in [2.24, 2.45) is 4.99 Å². The topological polar surface area (TPSA) is 101 Å². The van der Waals surface area contributed by atoms with Crippen LogP contribution in [0.3, 0.4) is 0 Å². The molecular weight excluding hydrogens is 322 g/mol. The molecule has 2 fully saturated rings. The van der Waals surface area contributed by atoms with Crippen LogP contribution < -0.4 is 16.0 Å². The van der Waals surface area contributed by atoms with Gasteiger partial charge in [-0.15, -0.1) is 0 Å². The van der Waals surface area contributed by atoms with Crippen molar-refractivity contribution < 1.29 is 9.66 Å². The van der Waals surface area contributed by atoms with Gasteiger partial charge in [-0.1, -0.05) is 0 Å². The van der Waals surface area contributed by atoms with Crippen LogP contribution in [0.4, 0.5) is 11.4 Å². The smallest absolute Gasteiger partial charge is 0.269 e. The maximum absolute atomic E-state index is 10.6. The first kappa shape index (κ1) is 17.5. The average Bonchev–Trinajstić information content (AvgIpc) is 3.22. The summed E-state index contributed by atoms with van der Waals surface area (Å²) >= 11 is 0. The molecule has 8 heteroatoms. The summed E-state index contributed by atoms with van der Waals surface area (Å²) in [6.45, 7) is 4.11. The average molecular weight is 347 g/mol. The number of nitrogens with zero attached hydrogens (tertiary/aromatic N) is 2. The fourth-order valence-corrected chi connectivity index (χ4v) is 3.35. The normalized spacial score (nSPS) is 25.0. The highest BCUT2D eigenvalue weighted by Crippen LogP contribution is 2.34. The summed E-state index contributed by atoms with van der Waals surface area (Å²) in [6, 6.07) is 6.74. The Morgan fingerprint density at radius 1 is 1.36 bits per heavy atom. The lowest BCUT2D eigenvalue weighted by Gasteiger charge is -2.22. The van der Waals surface area contributed by atoms with E-state index in [2.05, 4.69) is 20.9 Å². The van der Waals surface area contributed by atoms with Crippen molar-refractivity contribution in [3.05, 3.63) is 34.4 Å². The van der Waals surface area contributed by atoms with Crippen LogP contribution >= 0.6 is 0 Å². The summed E-state index contributed by atoms with van der Waals surface area (Å²) < 4.78 is 5.87. The summed E-state index contributed by atoms with van der Waals surface area (Å²) in [5.74, 6) is 0.814. The minimum absolute atomic E-state index is 0.0929. The Morgan fingerprint density at radius 3 is 2.76 bits per heavy atom. The molecule has 0 aliphatic carbocycles. The Morgan fingerprint density at radius 2 is 2.16 bits per heavy atom. The van der Waals surface area contributed by atoms with Gasteiger partial charge in [-0.05, 0) is 38.3 Å². The first-order valence-electron chi connectivity index (χ1n) is 8.84. The predicted molar refractivity (Wildman–Crippen MR) is 97.0 cm³/mol. The monoisotopic (exact) mass is 347 g/mol. The zero-order chi connectivity index (χ0) is 17.6. The Bertz CT molecular complexity index is 619. The number of fused-ring (bicyclic) bond motifs is 2. The van der Waals surface area contributed by atoms with E-state index >= 15 is 0 Å². The maximum atomic E-state index is 10.6. The highest BCUT2D eigenvalue weighted by Gasteiger charge is 2.41. The number of rotatable bonds is 7. The minimum atomic E-state index is -0.401. The van der Waals surface area contributed by atoms with Crippen LogP contribution in [-0.2, 0) is 4.74 Å². The van der Waals surface area contributed by atoms with Crippen LogP contribution in [0.5, 0.6) is 0 Å². The molecule has 3 N–H and O–H groups in total. The molecule has 1 aromatic carbocycles. The van der Waals surface area contributed by atoms with Gasteiger partial charge >= 0.3 is 0 Å². The molecule has 8 nitrogen and oxygen atoms in total. The molecule has 2 aliphatic rings. The van der Waals surface area contributed by atoms with Gasteiger partial charge in [-0.25, -0.2) is 0 Å². The Hall–Kier alpha value is -2.35. The lowest BCUT2D eigenvalue weighted by atomic mass is 9.96. The van der Waals surface area contributed by atoms with Crippen molar-refractivity contribution in [1.82, 2.24) is 10.6 Å². The van der Waals surface area contributed by atoms with E-state index in [1.165, 1.54) is 18.6 Å². The summed E-state index contributed by atoms with van der Waals surface area (Å²) in [4.78, 5) is 14.8. The van der Waals surface area contributed by atoms with Crippen LogP contribution in [0.15, 0.2) is 29.3 Å². The predicted octanol–water partition coefficient (Wildman–Crippen LogP) is 1.88. The molecule has 0 spiro atoms. The molecule has 3 rings (SSSR count). The number of benzene rings is 1. The highest BCUT2D eigenvalue weighted by atomic mass is 16.6. The molecule has 3 atom stereocenters. The van der Waals surface area contributed by atoms with Crippen molar-refractivity contribution >= 4 is 17.3 Å². The summed E-state index contributed by atoms with van der Waals surface area (Å²) in [6.07, 6.45) is 4.08. The molecular formula is C17H25N5O3. The molecule has 0 radical (unpaired) electrons. The van der Waals surface area contributed by atoms with E-state index in [1.54, 1.807) is 12.1 Å². The van der Waals surface area contributed by atoms with Crippen LogP contribution in [0.1, 0.15) is 26.2 Å². The fourth-order valence-electron chi connectivity index (χ4n) is 3.35. The second kappa shape index (κ2) is 8.15. The Labute approximate surface area is 147 Å². The van der Waals surface area contributed by atoms with Gasteiger partial charge in [0.05, 0.1) is 29.7 Å². The largest absolute Gasteiger partial charge is 0.383 e. The van der Waals surface area contributed by atoms with Gasteiger partial charge in [0.15, 0.2) is 5.96 Å². The number of hydrogen-bond acceptors (Lipinski definition) is 5. The molecule has 2 heterocycles.